The maximum atomic E-state index is 13.0. The van der Waals surface area contributed by atoms with E-state index in [4.69, 9.17) is 5.26 Å². The monoisotopic (exact) mass is 243 g/mol. The van der Waals surface area contributed by atoms with Crippen molar-refractivity contribution < 1.29 is 8.78 Å². The lowest BCUT2D eigenvalue weighted by atomic mass is 10.0. The molecule has 0 amide bonds. The zero-order valence-corrected chi connectivity index (χ0v) is 9.38. The number of aromatic nitrogens is 1. The smallest absolute Gasteiger partial charge is 0.250 e. The van der Waals surface area contributed by atoms with E-state index >= 15 is 0 Å². The molecule has 1 unspecified atom stereocenters. The number of rotatable bonds is 2. The highest BCUT2D eigenvalue weighted by Gasteiger charge is 2.36. The van der Waals surface area contributed by atoms with Gasteiger partial charge in [-0.2, -0.15) is 5.26 Å². The van der Waals surface area contributed by atoms with Crippen LogP contribution in [0.1, 0.15) is 24.6 Å². The van der Waals surface area contributed by atoms with E-state index < -0.39 is 12.0 Å². The molecule has 0 N–H and O–H groups in total. The van der Waals surface area contributed by atoms with E-state index in [9.17, 15) is 8.78 Å². The summed E-state index contributed by atoms with van der Waals surface area (Å²) in [4.78, 5) is 5.84. The van der Waals surface area contributed by atoms with Gasteiger partial charge in [0.15, 0.2) is 0 Å². The number of thiazole rings is 1. The van der Waals surface area contributed by atoms with Gasteiger partial charge in [0.2, 0.25) is 0 Å². The fourth-order valence-electron chi connectivity index (χ4n) is 1.80. The van der Waals surface area contributed by atoms with Gasteiger partial charge in [0.1, 0.15) is 6.04 Å². The molecule has 0 aromatic carbocycles. The fourth-order valence-corrected chi connectivity index (χ4v) is 2.37. The first-order chi connectivity index (χ1) is 7.62. The lowest BCUT2D eigenvalue weighted by molar-refractivity contribution is -0.0597. The van der Waals surface area contributed by atoms with Crippen molar-refractivity contribution >= 4 is 11.3 Å². The van der Waals surface area contributed by atoms with Gasteiger partial charge in [-0.05, 0) is 0 Å². The summed E-state index contributed by atoms with van der Waals surface area (Å²) in [5, 5.41) is 10.9. The van der Waals surface area contributed by atoms with Crippen LogP contribution in [0.4, 0.5) is 8.78 Å². The molecule has 1 aliphatic heterocycles. The Kier molecular flexibility index (Phi) is 3.17. The van der Waals surface area contributed by atoms with Crippen LogP contribution >= 0.6 is 11.3 Å². The van der Waals surface area contributed by atoms with Gasteiger partial charge in [0.25, 0.3) is 5.92 Å². The molecular weight excluding hydrogens is 232 g/mol. The van der Waals surface area contributed by atoms with Gasteiger partial charge in [-0.1, -0.05) is 0 Å². The maximum Gasteiger partial charge on any atom is 0.250 e. The van der Waals surface area contributed by atoms with E-state index in [1.165, 1.54) is 11.3 Å². The van der Waals surface area contributed by atoms with Gasteiger partial charge in [0.05, 0.1) is 17.3 Å². The first-order valence-electron chi connectivity index (χ1n) is 5.02. The van der Waals surface area contributed by atoms with E-state index in [1.54, 1.807) is 15.8 Å². The molecule has 86 valence electrons. The van der Waals surface area contributed by atoms with Crippen LogP contribution in [0.3, 0.4) is 0 Å². The average Bonchev–Trinajstić information content (AvgIpc) is 2.75. The second-order valence-corrected chi connectivity index (χ2v) is 4.56. The van der Waals surface area contributed by atoms with Gasteiger partial charge in [-0.25, -0.2) is 13.8 Å². The Bertz CT molecular complexity index is 375. The lowest BCUT2D eigenvalue weighted by Gasteiger charge is -2.33. The highest BCUT2D eigenvalue weighted by molar-refractivity contribution is 7.07. The van der Waals surface area contributed by atoms with Crippen LogP contribution in [0.5, 0.6) is 0 Å². The summed E-state index contributed by atoms with van der Waals surface area (Å²) in [7, 11) is 0. The zero-order valence-electron chi connectivity index (χ0n) is 8.57. The summed E-state index contributed by atoms with van der Waals surface area (Å²) in [6.45, 7) is 0.505. The largest absolute Gasteiger partial charge is 0.283 e. The molecule has 0 aliphatic carbocycles. The normalized spacial score (nSPS) is 22.6. The molecule has 0 radical (unpaired) electrons. The quantitative estimate of drug-likeness (QED) is 0.801. The predicted molar refractivity (Wildman–Crippen MR) is 56.2 cm³/mol. The summed E-state index contributed by atoms with van der Waals surface area (Å²) in [6.07, 6.45) is -0.343. The van der Waals surface area contributed by atoms with Crippen molar-refractivity contribution in [1.82, 2.24) is 9.88 Å². The summed E-state index contributed by atoms with van der Waals surface area (Å²) >= 11 is 1.41. The highest BCUT2D eigenvalue weighted by Crippen LogP contribution is 2.31. The molecule has 0 saturated carbocycles. The summed E-state index contributed by atoms with van der Waals surface area (Å²) in [5.41, 5.74) is 2.32. The summed E-state index contributed by atoms with van der Waals surface area (Å²) < 4.78 is 25.9. The molecule has 0 bridgehead atoms. The number of hydrogen-bond acceptors (Lipinski definition) is 4. The van der Waals surface area contributed by atoms with E-state index in [0.29, 0.717) is 5.69 Å². The van der Waals surface area contributed by atoms with Gasteiger partial charge in [-0.3, -0.25) is 4.90 Å². The molecule has 1 aromatic rings. The lowest BCUT2D eigenvalue weighted by Crippen LogP contribution is -2.41. The highest BCUT2D eigenvalue weighted by atomic mass is 32.1. The van der Waals surface area contributed by atoms with E-state index in [-0.39, 0.29) is 25.9 Å². The first kappa shape index (κ1) is 11.4. The van der Waals surface area contributed by atoms with Gasteiger partial charge in [-0.15, -0.1) is 11.3 Å². The Labute approximate surface area is 96.3 Å². The average molecular weight is 243 g/mol. The Morgan fingerprint density at radius 2 is 2.19 bits per heavy atom. The van der Waals surface area contributed by atoms with E-state index in [1.807, 2.05) is 0 Å². The number of likely N-dealkylation sites (tertiary alicyclic amines) is 1. The summed E-state index contributed by atoms with van der Waals surface area (Å²) in [6, 6.07) is 1.64. The predicted octanol–water partition coefficient (Wildman–Crippen LogP) is 2.44. The fraction of sp³-hybridized carbons (Fsp3) is 0.600. The van der Waals surface area contributed by atoms with E-state index in [0.717, 1.165) is 0 Å². The van der Waals surface area contributed by atoms with Crippen LogP contribution in [0.15, 0.2) is 10.9 Å². The molecular formula is C10H11F2N3S. The minimum atomic E-state index is -2.57. The Morgan fingerprint density at radius 1 is 1.50 bits per heavy atom. The van der Waals surface area contributed by atoms with Crippen molar-refractivity contribution in [2.45, 2.75) is 24.8 Å². The summed E-state index contributed by atoms with van der Waals surface area (Å²) in [5.74, 6) is -2.57. The van der Waals surface area contributed by atoms with Gasteiger partial charge < -0.3 is 0 Å². The van der Waals surface area contributed by atoms with Crippen LogP contribution in [-0.4, -0.2) is 28.9 Å². The zero-order chi connectivity index (χ0) is 11.6. The van der Waals surface area contributed by atoms with Crippen LogP contribution in [0, 0.1) is 11.3 Å². The molecule has 2 rings (SSSR count). The van der Waals surface area contributed by atoms with Crippen molar-refractivity contribution in [3.05, 3.63) is 16.6 Å². The number of alkyl halides is 2. The number of halogens is 2. The minimum Gasteiger partial charge on any atom is -0.283 e. The minimum absolute atomic E-state index is 0.171. The molecule has 3 nitrogen and oxygen atoms in total. The van der Waals surface area contributed by atoms with Crippen LogP contribution in [0.2, 0.25) is 0 Å². The number of nitriles is 1. The third-order valence-electron chi connectivity index (χ3n) is 2.75. The van der Waals surface area contributed by atoms with Crippen molar-refractivity contribution in [2.75, 3.05) is 13.1 Å². The van der Waals surface area contributed by atoms with Crippen LogP contribution in [-0.2, 0) is 0 Å². The SMILES string of the molecule is N#CC(c1cscn1)N1CCC(F)(F)CC1. The van der Waals surface area contributed by atoms with Crippen molar-refractivity contribution in [3.8, 4) is 6.07 Å². The molecule has 1 aliphatic rings. The van der Waals surface area contributed by atoms with Crippen LogP contribution < -0.4 is 0 Å². The van der Waals surface area contributed by atoms with Crippen molar-refractivity contribution in [1.29, 1.82) is 5.26 Å². The topological polar surface area (TPSA) is 39.9 Å². The van der Waals surface area contributed by atoms with Gasteiger partial charge >= 0.3 is 0 Å². The number of nitrogens with zero attached hydrogens (tertiary/aromatic N) is 3. The molecule has 1 saturated heterocycles. The molecule has 16 heavy (non-hydrogen) atoms. The third-order valence-corrected chi connectivity index (χ3v) is 3.35. The maximum absolute atomic E-state index is 13.0. The Morgan fingerprint density at radius 3 is 2.69 bits per heavy atom. The molecule has 2 heterocycles. The number of piperidine rings is 1. The van der Waals surface area contributed by atoms with Crippen LogP contribution in [0.25, 0.3) is 0 Å². The molecule has 1 atom stereocenters. The van der Waals surface area contributed by atoms with Crippen molar-refractivity contribution in [2.24, 2.45) is 0 Å². The molecule has 6 heteroatoms. The Balaban J connectivity index is 2.05. The van der Waals surface area contributed by atoms with Gasteiger partial charge in [0, 0.05) is 31.3 Å². The standard InChI is InChI=1S/C10H11F2N3S/c11-10(12)1-3-15(4-2-10)9(5-13)8-6-16-7-14-8/h6-7,9H,1-4H2. The molecule has 0 spiro atoms. The molecule has 1 aromatic heterocycles. The van der Waals surface area contributed by atoms with E-state index in [2.05, 4.69) is 11.1 Å². The third kappa shape index (κ3) is 2.36. The molecule has 1 fully saturated rings. The second-order valence-electron chi connectivity index (χ2n) is 3.84. The second kappa shape index (κ2) is 4.44. The first-order valence-corrected chi connectivity index (χ1v) is 5.96. The van der Waals surface area contributed by atoms with Crippen molar-refractivity contribution in [3.63, 3.8) is 0 Å². The Hall–Kier alpha value is -1.06. The number of hydrogen-bond donors (Lipinski definition) is 0.